The second-order valence-corrected chi connectivity index (χ2v) is 17.3. The predicted octanol–water partition coefficient (Wildman–Crippen LogP) is 16.0. The van der Waals surface area contributed by atoms with Crippen molar-refractivity contribution >= 4 is 53.4 Å². The molecule has 1 aliphatic carbocycles. The summed E-state index contributed by atoms with van der Waals surface area (Å²) in [5.41, 5.74) is 18.1. The number of thiophene rings is 1. The topological polar surface area (TPSA) is 26.0 Å². The Bertz CT molecular complexity index is 3400. The maximum atomic E-state index is 6.70. The second-order valence-electron chi connectivity index (χ2n) is 16.3. The van der Waals surface area contributed by atoms with Crippen molar-refractivity contribution in [3.8, 4) is 67.0 Å². The number of rotatable bonds is 5. The number of fused-ring (bicyclic) bond motifs is 10. The summed E-state index contributed by atoms with van der Waals surface area (Å²) in [6, 6.07) is 68.2. The average molecular weight is 772 g/mol. The van der Waals surface area contributed by atoms with Crippen LogP contribution in [0.5, 0.6) is 0 Å². The molecule has 1 aliphatic rings. The molecule has 3 heteroatoms. The van der Waals surface area contributed by atoms with Gasteiger partial charge in [0, 0.05) is 53.1 Å². The van der Waals surface area contributed by atoms with Crippen molar-refractivity contribution in [1.82, 2.24) is 4.98 Å². The molecule has 3 heterocycles. The quantitative estimate of drug-likeness (QED) is 0.174. The highest BCUT2D eigenvalue weighted by atomic mass is 32.1. The van der Waals surface area contributed by atoms with Crippen LogP contribution < -0.4 is 0 Å². The van der Waals surface area contributed by atoms with Crippen molar-refractivity contribution in [2.24, 2.45) is 0 Å². The highest BCUT2D eigenvalue weighted by molar-refractivity contribution is 7.26. The van der Waals surface area contributed by atoms with Gasteiger partial charge < -0.3 is 4.42 Å². The molecule has 3 aromatic heterocycles. The first-order chi connectivity index (χ1) is 29.0. The Labute approximate surface area is 346 Å². The molecule has 0 saturated carbocycles. The molecule has 0 bridgehead atoms. The lowest BCUT2D eigenvalue weighted by Gasteiger charge is -2.22. The smallest absolute Gasteiger partial charge is 0.144 e. The summed E-state index contributed by atoms with van der Waals surface area (Å²) >= 11 is 1.84. The third kappa shape index (κ3) is 5.35. The van der Waals surface area contributed by atoms with Crippen molar-refractivity contribution in [1.29, 1.82) is 0 Å². The molecule has 12 rings (SSSR count). The molecule has 0 unspecified atom stereocenters. The third-order valence-corrected chi connectivity index (χ3v) is 13.7. The molecule has 8 aromatic carbocycles. The first-order valence-corrected chi connectivity index (χ1v) is 21.1. The van der Waals surface area contributed by atoms with Gasteiger partial charge in [0.25, 0.3) is 0 Å². The van der Waals surface area contributed by atoms with E-state index in [4.69, 9.17) is 9.40 Å². The molecule has 0 saturated heterocycles. The lowest BCUT2D eigenvalue weighted by molar-refractivity contribution is 0.660. The van der Waals surface area contributed by atoms with E-state index in [2.05, 4.69) is 202 Å². The fraction of sp³-hybridized carbons (Fsp3) is 0.0536. The largest absolute Gasteiger partial charge is 0.455 e. The Kier molecular flexibility index (Phi) is 7.48. The monoisotopic (exact) mass is 771 g/mol. The number of furan rings is 1. The van der Waals surface area contributed by atoms with Crippen LogP contribution in [-0.2, 0) is 5.41 Å². The Morgan fingerprint density at radius 3 is 1.80 bits per heavy atom. The van der Waals surface area contributed by atoms with Crippen molar-refractivity contribution in [3.05, 3.63) is 199 Å². The van der Waals surface area contributed by atoms with Gasteiger partial charge in [-0.1, -0.05) is 147 Å². The molecular weight excluding hydrogens is 735 g/mol. The summed E-state index contributed by atoms with van der Waals surface area (Å²) in [5.74, 6) is 0. The zero-order valence-electron chi connectivity index (χ0n) is 32.7. The standard InChI is InChI=1S/C56H37NOS/c1-56(2)47-22-12-9-19-41(47)42-26-25-36(30-48(42)56)49-31-39(32-50(57-49)40-28-37(34-15-5-3-6-16-34)27-38(29-40)35-17-7-4-8-18-35)45-33-46-43-20-10-13-23-51(43)58-54(46)53-44-21-11-14-24-52(44)59-55(45)53/h3-33H,1-2H3. The zero-order chi connectivity index (χ0) is 39.2. The number of hydrogen-bond donors (Lipinski definition) is 0. The van der Waals surface area contributed by atoms with E-state index in [0.29, 0.717) is 0 Å². The molecule has 59 heavy (non-hydrogen) atoms. The number of hydrogen-bond acceptors (Lipinski definition) is 3. The minimum absolute atomic E-state index is 0.131. The average Bonchev–Trinajstić information content (AvgIpc) is 3.94. The van der Waals surface area contributed by atoms with E-state index in [0.717, 1.165) is 61.1 Å². The van der Waals surface area contributed by atoms with Crippen LogP contribution in [0.4, 0.5) is 0 Å². The van der Waals surface area contributed by atoms with E-state index in [1.807, 2.05) is 11.3 Å². The molecule has 0 fully saturated rings. The summed E-state index contributed by atoms with van der Waals surface area (Å²) in [7, 11) is 0. The number of aromatic nitrogens is 1. The molecule has 0 N–H and O–H groups in total. The van der Waals surface area contributed by atoms with Crippen LogP contribution in [0.2, 0.25) is 0 Å². The van der Waals surface area contributed by atoms with Crippen LogP contribution in [0.3, 0.4) is 0 Å². The first-order valence-electron chi connectivity index (χ1n) is 20.3. The minimum atomic E-state index is -0.131. The Morgan fingerprint density at radius 2 is 1.03 bits per heavy atom. The van der Waals surface area contributed by atoms with Gasteiger partial charge >= 0.3 is 0 Å². The molecule has 278 valence electrons. The maximum Gasteiger partial charge on any atom is 0.144 e. The van der Waals surface area contributed by atoms with Crippen molar-refractivity contribution < 1.29 is 4.42 Å². The van der Waals surface area contributed by atoms with Crippen LogP contribution in [0.15, 0.2) is 192 Å². The molecule has 0 radical (unpaired) electrons. The zero-order valence-corrected chi connectivity index (χ0v) is 33.5. The number of benzene rings is 8. The van der Waals surface area contributed by atoms with Gasteiger partial charge in [-0.15, -0.1) is 11.3 Å². The van der Waals surface area contributed by atoms with Crippen LogP contribution in [0.25, 0.3) is 109 Å². The van der Waals surface area contributed by atoms with Crippen LogP contribution in [0.1, 0.15) is 25.0 Å². The van der Waals surface area contributed by atoms with Crippen LogP contribution in [0, 0.1) is 0 Å². The summed E-state index contributed by atoms with van der Waals surface area (Å²) in [6.07, 6.45) is 0. The number of para-hydroxylation sites is 1. The van der Waals surface area contributed by atoms with E-state index in [1.54, 1.807) is 0 Å². The van der Waals surface area contributed by atoms with Gasteiger partial charge in [-0.2, -0.15) is 0 Å². The fourth-order valence-corrected chi connectivity index (χ4v) is 10.7. The molecule has 0 spiro atoms. The van der Waals surface area contributed by atoms with Crippen molar-refractivity contribution in [2.75, 3.05) is 0 Å². The van der Waals surface area contributed by atoms with Crippen LogP contribution >= 0.6 is 11.3 Å². The number of nitrogens with zero attached hydrogens (tertiary/aromatic N) is 1. The van der Waals surface area contributed by atoms with Crippen molar-refractivity contribution in [3.63, 3.8) is 0 Å². The van der Waals surface area contributed by atoms with Gasteiger partial charge in [0.2, 0.25) is 0 Å². The Morgan fingerprint density at radius 1 is 0.424 bits per heavy atom. The van der Waals surface area contributed by atoms with E-state index >= 15 is 0 Å². The summed E-state index contributed by atoms with van der Waals surface area (Å²) < 4.78 is 9.16. The van der Waals surface area contributed by atoms with E-state index in [1.165, 1.54) is 59.1 Å². The molecule has 11 aromatic rings. The second kappa shape index (κ2) is 13.0. The molecule has 0 aliphatic heterocycles. The Balaban J connectivity index is 1.15. The highest BCUT2D eigenvalue weighted by Gasteiger charge is 2.35. The maximum absolute atomic E-state index is 6.70. The normalized spacial score (nSPS) is 13.1. The Hall–Kier alpha value is -7.07. The van der Waals surface area contributed by atoms with Gasteiger partial charge in [0.15, 0.2) is 0 Å². The number of pyridine rings is 1. The fourth-order valence-electron chi connectivity index (χ4n) is 9.49. The van der Waals surface area contributed by atoms with Crippen molar-refractivity contribution in [2.45, 2.75) is 19.3 Å². The first kappa shape index (κ1) is 34.0. The molecule has 0 atom stereocenters. The van der Waals surface area contributed by atoms with Gasteiger partial charge in [-0.3, -0.25) is 0 Å². The molecule has 2 nitrogen and oxygen atoms in total. The van der Waals surface area contributed by atoms with Gasteiger partial charge in [-0.25, -0.2) is 4.98 Å². The van der Waals surface area contributed by atoms with Gasteiger partial charge in [0.1, 0.15) is 11.2 Å². The SMILES string of the molecule is CC1(C)c2ccccc2-c2ccc(-c3cc(-c4cc5c6ccccc6oc5c5c4sc4ccccc45)cc(-c4cc(-c5ccccc5)cc(-c5ccccc5)c4)n3)cc21. The highest BCUT2D eigenvalue weighted by Crippen LogP contribution is 2.51. The lowest BCUT2D eigenvalue weighted by atomic mass is 9.82. The summed E-state index contributed by atoms with van der Waals surface area (Å²) in [4.78, 5) is 5.60. The lowest BCUT2D eigenvalue weighted by Crippen LogP contribution is -2.14. The minimum Gasteiger partial charge on any atom is -0.455 e. The van der Waals surface area contributed by atoms with E-state index in [-0.39, 0.29) is 5.41 Å². The summed E-state index contributed by atoms with van der Waals surface area (Å²) in [5, 5.41) is 4.64. The van der Waals surface area contributed by atoms with Crippen LogP contribution in [-0.4, -0.2) is 4.98 Å². The summed E-state index contributed by atoms with van der Waals surface area (Å²) in [6.45, 7) is 4.69. The molecule has 0 amide bonds. The van der Waals surface area contributed by atoms with Gasteiger partial charge in [0.05, 0.1) is 11.4 Å². The predicted molar refractivity (Wildman–Crippen MR) is 249 cm³/mol. The van der Waals surface area contributed by atoms with E-state index in [9.17, 15) is 0 Å². The molecular formula is C56H37NOS. The van der Waals surface area contributed by atoms with E-state index < -0.39 is 0 Å². The third-order valence-electron chi connectivity index (χ3n) is 12.4. The van der Waals surface area contributed by atoms with Gasteiger partial charge in [-0.05, 0) is 105 Å².